The van der Waals surface area contributed by atoms with Crippen LogP contribution < -0.4 is 5.32 Å². The second kappa shape index (κ2) is 6.86. The Kier molecular flexibility index (Phi) is 4.95. The zero-order valence-corrected chi connectivity index (χ0v) is 14.0. The van der Waals surface area contributed by atoms with Crippen LogP contribution in [0.5, 0.6) is 0 Å². The Bertz CT molecular complexity index is 635. The van der Waals surface area contributed by atoms with Crippen molar-refractivity contribution in [2.24, 2.45) is 0 Å². The lowest BCUT2D eigenvalue weighted by atomic mass is 9.88. The number of likely N-dealkylation sites (tertiary alicyclic amines) is 1. The Morgan fingerprint density at radius 1 is 1.20 bits per heavy atom. The molecular formula is C18H23F3N2O2. The number of alkyl halides is 3. The molecule has 0 radical (unpaired) electrons. The summed E-state index contributed by atoms with van der Waals surface area (Å²) in [5.41, 5.74) is -0.189. The second-order valence-electron chi connectivity index (χ2n) is 7.03. The lowest BCUT2D eigenvalue weighted by Gasteiger charge is -2.30. The number of hydrogen-bond donors (Lipinski definition) is 2. The van der Waals surface area contributed by atoms with Gasteiger partial charge in [0.05, 0.1) is 0 Å². The molecule has 1 aliphatic heterocycles. The molecule has 2 N–H and O–H groups in total. The maximum absolute atomic E-state index is 13.0. The Morgan fingerprint density at radius 2 is 1.92 bits per heavy atom. The summed E-state index contributed by atoms with van der Waals surface area (Å²) < 4.78 is 38.9. The Morgan fingerprint density at radius 3 is 2.64 bits per heavy atom. The Hall–Kier alpha value is -1.76. The Balaban J connectivity index is 1.57. The number of rotatable bonds is 1. The van der Waals surface area contributed by atoms with Crippen molar-refractivity contribution in [1.29, 1.82) is 0 Å². The number of hydrogen-bond acceptors (Lipinski definition) is 2. The highest BCUT2D eigenvalue weighted by atomic mass is 19.4. The quantitative estimate of drug-likeness (QED) is 0.813. The highest BCUT2D eigenvalue weighted by Crippen LogP contribution is 2.38. The third-order valence-electron chi connectivity index (χ3n) is 5.30. The van der Waals surface area contributed by atoms with Crippen LogP contribution in [0, 0.1) is 0 Å². The normalized spacial score (nSPS) is 27.4. The zero-order valence-electron chi connectivity index (χ0n) is 14.0. The van der Waals surface area contributed by atoms with Gasteiger partial charge in [-0.3, -0.25) is 0 Å². The van der Waals surface area contributed by atoms with Gasteiger partial charge in [0, 0.05) is 25.6 Å². The monoisotopic (exact) mass is 356 g/mol. The number of nitrogens with one attached hydrogen (secondary N) is 1. The predicted octanol–water partition coefficient (Wildman–Crippen LogP) is 3.03. The van der Waals surface area contributed by atoms with Crippen molar-refractivity contribution in [3.63, 3.8) is 0 Å². The molecule has 138 valence electrons. The average Bonchev–Trinajstić information content (AvgIpc) is 2.77. The van der Waals surface area contributed by atoms with E-state index < -0.39 is 18.2 Å². The van der Waals surface area contributed by atoms with E-state index in [1.807, 2.05) is 18.2 Å². The van der Waals surface area contributed by atoms with Crippen molar-refractivity contribution in [3.8, 4) is 0 Å². The fourth-order valence-corrected chi connectivity index (χ4v) is 3.69. The first kappa shape index (κ1) is 18.0. The number of amides is 2. The molecule has 2 atom stereocenters. The van der Waals surface area contributed by atoms with Gasteiger partial charge in [-0.15, -0.1) is 0 Å². The van der Waals surface area contributed by atoms with E-state index in [0.29, 0.717) is 0 Å². The minimum absolute atomic E-state index is 0.00727. The van der Waals surface area contributed by atoms with Crippen LogP contribution in [0.3, 0.4) is 0 Å². The van der Waals surface area contributed by atoms with E-state index in [2.05, 4.69) is 11.4 Å². The van der Waals surface area contributed by atoms with Crippen LogP contribution in [0.2, 0.25) is 0 Å². The summed E-state index contributed by atoms with van der Waals surface area (Å²) in [6, 6.07) is 7.75. The van der Waals surface area contributed by atoms with E-state index in [4.69, 9.17) is 0 Å². The van der Waals surface area contributed by atoms with Crippen molar-refractivity contribution in [3.05, 3.63) is 35.4 Å². The van der Waals surface area contributed by atoms with Gasteiger partial charge in [-0.1, -0.05) is 24.3 Å². The number of urea groups is 1. The van der Waals surface area contributed by atoms with Crippen LogP contribution >= 0.6 is 0 Å². The fourth-order valence-electron chi connectivity index (χ4n) is 3.69. The van der Waals surface area contributed by atoms with Crippen LogP contribution in [-0.2, 0) is 12.8 Å². The molecule has 1 aromatic rings. The third-order valence-corrected chi connectivity index (χ3v) is 5.30. The maximum atomic E-state index is 13.0. The number of carbonyl (C=O) groups is 1. The van der Waals surface area contributed by atoms with Gasteiger partial charge in [0.15, 0.2) is 5.60 Å². The van der Waals surface area contributed by atoms with E-state index in [9.17, 15) is 23.1 Å². The molecule has 0 spiro atoms. The summed E-state index contributed by atoms with van der Waals surface area (Å²) in [6.45, 7) is 0.138. The number of nitrogens with zero attached hydrogens (tertiary/aromatic N) is 1. The van der Waals surface area contributed by atoms with E-state index in [1.165, 1.54) is 16.0 Å². The summed E-state index contributed by atoms with van der Waals surface area (Å²) in [5, 5.41) is 12.8. The average molecular weight is 356 g/mol. The first-order valence-corrected chi connectivity index (χ1v) is 8.70. The van der Waals surface area contributed by atoms with Gasteiger partial charge in [-0.25, -0.2) is 4.79 Å². The topological polar surface area (TPSA) is 52.6 Å². The van der Waals surface area contributed by atoms with Crippen LogP contribution in [0.1, 0.15) is 36.8 Å². The third kappa shape index (κ3) is 3.92. The van der Waals surface area contributed by atoms with Gasteiger partial charge in [0.2, 0.25) is 0 Å². The SMILES string of the molecule is O=C(NC1CCc2ccccc2C1)N1CCCC(O)(C(F)(F)F)CC1. The molecule has 1 heterocycles. The van der Waals surface area contributed by atoms with Gasteiger partial charge < -0.3 is 15.3 Å². The lowest BCUT2D eigenvalue weighted by molar-refractivity contribution is -0.263. The van der Waals surface area contributed by atoms with Gasteiger partial charge >= 0.3 is 12.2 Å². The molecule has 1 saturated heterocycles. The molecule has 2 aliphatic rings. The van der Waals surface area contributed by atoms with E-state index in [0.717, 1.165) is 19.3 Å². The van der Waals surface area contributed by atoms with Gasteiger partial charge in [0.25, 0.3) is 0 Å². The highest BCUT2D eigenvalue weighted by Gasteiger charge is 2.53. The van der Waals surface area contributed by atoms with Crippen LogP contribution in [-0.4, -0.2) is 46.9 Å². The molecule has 25 heavy (non-hydrogen) atoms. The standard InChI is InChI=1S/C18H23F3N2O2/c19-18(20,21)17(25)8-3-10-23(11-9-17)16(24)22-15-7-6-13-4-1-2-5-14(13)12-15/h1-2,4-5,15,25H,3,6-12H2,(H,22,24). The van der Waals surface area contributed by atoms with Crippen LogP contribution in [0.15, 0.2) is 24.3 Å². The van der Waals surface area contributed by atoms with Crippen molar-refractivity contribution in [2.75, 3.05) is 13.1 Å². The first-order valence-electron chi connectivity index (χ1n) is 8.70. The molecule has 0 aromatic heterocycles. The first-order chi connectivity index (χ1) is 11.8. The molecule has 1 aliphatic carbocycles. The lowest BCUT2D eigenvalue weighted by Crippen LogP contribution is -2.48. The van der Waals surface area contributed by atoms with Crippen LogP contribution in [0.4, 0.5) is 18.0 Å². The molecule has 3 rings (SSSR count). The number of benzene rings is 1. The molecule has 2 unspecified atom stereocenters. The van der Waals surface area contributed by atoms with Gasteiger partial charge in [-0.05, 0) is 43.2 Å². The molecule has 4 nitrogen and oxygen atoms in total. The minimum atomic E-state index is -4.66. The van der Waals surface area contributed by atoms with E-state index in [1.54, 1.807) is 0 Å². The summed E-state index contributed by atoms with van der Waals surface area (Å²) in [6.07, 6.45) is -2.92. The molecule has 1 fully saturated rings. The summed E-state index contributed by atoms with van der Waals surface area (Å²) >= 11 is 0. The number of aliphatic hydroxyl groups is 1. The van der Waals surface area contributed by atoms with Crippen molar-refractivity contribution < 1.29 is 23.1 Å². The van der Waals surface area contributed by atoms with E-state index in [-0.39, 0.29) is 38.0 Å². The number of fused-ring (bicyclic) bond motifs is 1. The smallest absolute Gasteiger partial charge is 0.380 e. The van der Waals surface area contributed by atoms with E-state index >= 15 is 0 Å². The van der Waals surface area contributed by atoms with Crippen molar-refractivity contribution in [2.45, 2.75) is 56.3 Å². The number of halogens is 3. The maximum Gasteiger partial charge on any atom is 0.417 e. The van der Waals surface area contributed by atoms with Gasteiger partial charge in [-0.2, -0.15) is 13.2 Å². The van der Waals surface area contributed by atoms with Crippen LogP contribution in [0.25, 0.3) is 0 Å². The summed E-state index contributed by atoms with van der Waals surface area (Å²) in [5.74, 6) is 0. The van der Waals surface area contributed by atoms with Gasteiger partial charge in [0.1, 0.15) is 0 Å². The predicted molar refractivity (Wildman–Crippen MR) is 87.2 cm³/mol. The molecule has 0 bridgehead atoms. The number of carbonyl (C=O) groups excluding carboxylic acids is 1. The second-order valence-corrected chi connectivity index (χ2v) is 7.03. The fraction of sp³-hybridized carbons (Fsp3) is 0.611. The molecule has 2 amide bonds. The summed E-state index contributed by atoms with van der Waals surface area (Å²) in [7, 11) is 0. The number of aryl methyl sites for hydroxylation is 1. The Labute approximate surface area is 145 Å². The molecular weight excluding hydrogens is 333 g/mol. The molecule has 7 heteroatoms. The molecule has 0 saturated carbocycles. The largest absolute Gasteiger partial charge is 0.417 e. The van der Waals surface area contributed by atoms with Crippen molar-refractivity contribution in [1.82, 2.24) is 10.2 Å². The minimum Gasteiger partial charge on any atom is -0.380 e. The highest BCUT2D eigenvalue weighted by molar-refractivity contribution is 5.74. The zero-order chi connectivity index (χ0) is 18.1. The molecule has 1 aromatic carbocycles. The summed E-state index contributed by atoms with van der Waals surface area (Å²) in [4.78, 5) is 13.8. The van der Waals surface area contributed by atoms with Crippen molar-refractivity contribution >= 4 is 6.03 Å².